The number of halogens is 2. The van der Waals surface area contributed by atoms with E-state index < -0.39 is 17.3 Å². The molecule has 0 saturated carbocycles. The Morgan fingerprint density at radius 1 is 1.03 bits per heavy atom. The minimum Gasteiger partial charge on any atom is -0.267 e. The number of fused-ring (bicyclic) bond motifs is 3. The Kier molecular flexibility index (Phi) is 4.67. The van der Waals surface area contributed by atoms with Crippen LogP contribution in [0.2, 0.25) is 5.02 Å². The summed E-state index contributed by atoms with van der Waals surface area (Å²) in [5, 5.41) is 13.5. The molecule has 0 aliphatic rings. The minimum atomic E-state index is -0.575. The Balaban J connectivity index is 1.59. The van der Waals surface area contributed by atoms with Crippen LogP contribution >= 0.6 is 11.6 Å². The van der Waals surface area contributed by atoms with Crippen molar-refractivity contribution in [3.05, 3.63) is 93.2 Å². The van der Waals surface area contributed by atoms with Gasteiger partial charge in [0.15, 0.2) is 11.2 Å². The van der Waals surface area contributed by atoms with Crippen LogP contribution in [0.15, 0.2) is 65.6 Å². The molecule has 158 valence electrons. The standard InChI is InChI=1S/C22H14ClFN6O2/c1-12-18(13-2-6-15(23)7-3-13)20-26-25-19-17(30(20)27-12)10-11-29(22(19)32)28-21(31)14-4-8-16(24)9-5-14/h2-11H,1H3,(H,28,31). The van der Waals surface area contributed by atoms with E-state index in [0.717, 1.165) is 15.8 Å². The molecule has 32 heavy (non-hydrogen) atoms. The molecule has 0 aliphatic heterocycles. The van der Waals surface area contributed by atoms with E-state index in [0.29, 0.717) is 21.9 Å². The molecule has 0 bridgehead atoms. The van der Waals surface area contributed by atoms with Gasteiger partial charge in [-0.25, -0.2) is 13.6 Å². The summed E-state index contributed by atoms with van der Waals surface area (Å²) < 4.78 is 15.6. The normalized spacial score (nSPS) is 11.2. The van der Waals surface area contributed by atoms with Gasteiger partial charge >= 0.3 is 0 Å². The molecule has 3 heterocycles. The van der Waals surface area contributed by atoms with Gasteiger partial charge in [0.1, 0.15) is 11.3 Å². The first kappa shape index (κ1) is 19.8. The predicted molar refractivity (Wildman–Crippen MR) is 118 cm³/mol. The van der Waals surface area contributed by atoms with Crippen LogP contribution in [0.3, 0.4) is 0 Å². The first-order valence-corrected chi connectivity index (χ1v) is 9.90. The third-order valence-electron chi connectivity index (χ3n) is 5.02. The van der Waals surface area contributed by atoms with Crippen LogP contribution in [0.4, 0.5) is 4.39 Å². The van der Waals surface area contributed by atoms with Gasteiger partial charge in [-0.15, -0.1) is 10.2 Å². The van der Waals surface area contributed by atoms with Crippen molar-refractivity contribution < 1.29 is 9.18 Å². The Bertz CT molecular complexity index is 1560. The van der Waals surface area contributed by atoms with Crippen molar-refractivity contribution in [2.24, 2.45) is 0 Å². The van der Waals surface area contributed by atoms with Gasteiger partial charge < -0.3 is 0 Å². The second-order valence-electron chi connectivity index (χ2n) is 7.08. The molecule has 0 unspecified atom stereocenters. The SMILES string of the molecule is Cc1nn2c(nnc3c(=O)n(NC(=O)c4ccc(F)cc4)ccc32)c1-c1ccc(Cl)cc1. The Morgan fingerprint density at radius 3 is 2.47 bits per heavy atom. The molecule has 0 radical (unpaired) electrons. The van der Waals surface area contributed by atoms with Gasteiger partial charge in [0, 0.05) is 16.8 Å². The van der Waals surface area contributed by atoms with Crippen molar-refractivity contribution in [1.29, 1.82) is 0 Å². The minimum absolute atomic E-state index is 0.0320. The topological polar surface area (TPSA) is 94.2 Å². The highest BCUT2D eigenvalue weighted by atomic mass is 35.5. The number of benzene rings is 2. The summed E-state index contributed by atoms with van der Waals surface area (Å²) >= 11 is 5.99. The maximum atomic E-state index is 13.1. The van der Waals surface area contributed by atoms with E-state index in [-0.39, 0.29) is 11.1 Å². The lowest BCUT2D eigenvalue weighted by atomic mass is 10.1. The van der Waals surface area contributed by atoms with Crippen LogP contribution in [-0.2, 0) is 0 Å². The van der Waals surface area contributed by atoms with Crippen molar-refractivity contribution in [2.45, 2.75) is 6.92 Å². The number of carbonyl (C=O) groups is 1. The lowest BCUT2D eigenvalue weighted by Gasteiger charge is -2.09. The fourth-order valence-corrected chi connectivity index (χ4v) is 3.60. The number of aromatic nitrogens is 5. The van der Waals surface area contributed by atoms with E-state index in [9.17, 15) is 14.0 Å². The number of hydrogen-bond acceptors (Lipinski definition) is 5. The largest absolute Gasteiger partial charge is 0.299 e. The van der Waals surface area contributed by atoms with E-state index in [4.69, 9.17) is 11.6 Å². The third-order valence-corrected chi connectivity index (χ3v) is 5.27. The molecule has 1 amide bonds. The van der Waals surface area contributed by atoms with Crippen molar-refractivity contribution in [3.8, 4) is 11.1 Å². The van der Waals surface area contributed by atoms with E-state index in [1.54, 1.807) is 22.7 Å². The number of rotatable bonds is 3. The van der Waals surface area contributed by atoms with E-state index in [1.165, 1.54) is 30.5 Å². The first-order chi connectivity index (χ1) is 15.4. The highest BCUT2D eigenvalue weighted by Gasteiger charge is 2.18. The maximum Gasteiger partial charge on any atom is 0.299 e. The van der Waals surface area contributed by atoms with Crippen molar-refractivity contribution in [1.82, 2.24) is 24.5 Å². The van der Waals surface area contributed by atoms with Crippen LogP contribution in [0.1, 0.15) is 16.1 Å². The molecule has 1 N–H and O–H groups in total. The summed E-state index contributed by atoms with van der Waals surface area (Å²) in [4.78, 5) is 25.3. The van der Waals surface area contributed by atoms with E-state index in [1.807, 2.05) is 19.1 Å². The summed E-state index contributed by atoms with van der Waals surface area (Å²) in [6.45, 7) is 1.84. The molecular formula is C22H14ClFN6O2. The van der Waals surface area contributed by atoms with Gasteiger partial charge in [0.2, 0.25) is 0 Å². The Morgan fingerprint density at radius 2 is 1.75 bits per heavy atom. The van der Waals surface area contributed by atoms with Crippen LogP contribution in [0.25, 0.3) is 27.8 Å². The van der Waals surface area contributed by atoms with Gasteiger partial charge in [-0.3, -0.25) is 15.0 Å². The molecular weight excluding hydrogens is 435 g/mol. The average molecular weight is 449 g/mol. The van der Waals surface area contributed by atoms with Crippen LogP contribution in [-0.4, -0.2) is 30.4 Å². The zero-order chi connectivity index (χ0) is 22.4. The number of aryl methyl sites for hydroxylation is 1. The molecule has 5 aromatic rings. The average Bonchev–Trinajstić information content (AvgIpc) is 3.13. The van der Waals surface area contributed by atoms with Crippen LogP contribution < -0.4 is 11.0 Å². The summed E-state index contributed by atoms with van der Waals surface area (Å²) in [6, 6.07) is 13.9. The van der Waals surface area contributed by atoms with Crippen molar-refractivity contribution in [3.63, 3.8) is 0 Å². The summed E-state index contributed by atoms with van der Waals surface area (Å²) in [6.07, 6.45) is 1.41. The Hall–Kier alpha value is -4.11. The number of carbonyl (C=O) groups excluding carboxylic acids is 1. The second kappa shape index (κ2) is 7.54. The van der Waals surface area contributed by atoms with E-state index >= 15 is 0 Å². The molecule has 5 rings (SSSR count). The fourth-order valence-electron chi connectivity index (χ4n) is 3.47. The fraction of sp³-hybridized carbons (Fsp3) is 0.0455. The van der Waals surface area contributed by atoms with Gasteiger partial charge in [0.25, 0.3) is 11.5 Å². The molecule has 0 fully saturated rings. The highest BCUT2D eigenvalue weighted by molar-refractivity contribution is 6.30. The molecule has 0 atom stereocenters. The monoisotopic (exact) mass is 448 g/mol. The number of amides is 1. The maximum absolute atomic E-state index is 13.1. The van der Waals surface area contributed by atoms with Gasteiger partial charge in [0.05, 0.1) is 11.3 Å². The number of hydrogen-bond donors (Lipinski definition) is 1. The van der Waals surface area contributed by atoms with Gasteiger partial charge in [-0.2, -0.15) is 5.10 Å². The van der Waals surface area contributed by atoms with Gasteiger partial charge in [-0.05, 0) is 55.0 Å². The third kappa shape index (κ3) is 3.28. The molecule has 2 aromatic carbocycles. The summed E-state index contributed by atoms with van der Waals surface area (Å²) in [5.74, 6) is -1.03. The zero-order valence-corrected chi connectivity index (χ0v) is 17.3. The predicted octanol–water partition coefficient (Wildman–Crippen LogP) is 3.59. The lowest BCUT2D eigenvalue weighted by Crippen LogP contribution is -2.33. The molecule has 8 nitrogen and oxygen atoms in total. The summed E-state index contributed by atoms with van der Waals surface area (Å²) in [7, 11) is 0. The molecule has 0 aliphatic carbocycles. The van der Waals surface area contributed by atoms with Crippen LogP contribution in [0, 0.1) is 12.7 Å². The number of nitrogens with zero attached hydrogens (tertiary/aromatic N) is 5. The van der Waals surface area contributed by atoms with Gasteiger partial charge in [-0.1, -0.05) is 23.7 Å². The smallest absolute Gasteiger partial charge is 0.267 e. The van der Waals surface area contributed by atoms with Crippen molar-refractivity contribution in [2.75, 3.05) is 5.43 Å². The highest BCUT2D eigenvalue weighted by Crippen LogP contribution is 2.28. The molecule has 0 spiro atoms. The summed E-state index contributed by atoms with van der Waals surface area (Å²) in [5.41, 5.74) is 5.42. The van der Waals surface area contributed by atoms with Crippen molar-refractivity contribution >= 4 is 34.2 Å². The van der Waals surface area contributed by atoms with E-state index in [2.05, 4.69) is 20.7 Å². The zero-order valence-electron chi connectivity index (χ0n) is 16.6. The molecule has 10 heteroatoms. The number of pyridine rings is 1. The quantitative estimate of drug-likeness (QED) is 0.455. The Labute approximate surface area is 184 Å². The van der Waals surface area contributed by atoms with Crippen LogP contribution in [0.5, 0.6) is 0 Å². The first-order valence-electron chi connectivity index (χ1n) is 9.52. The number of nitrogens with one attached hydrogen (secondary N) is 1. The second-order valence-corrected chi connectivity index (χ2v) is 7.51. The molecule has 3 aromatic heterocycles. The molecule has 0 saturated heterocycles. The lowest BCUT2D eigenvalue weighted by molar-refractivity contribution is 0.101.